The van der Waals surface area contributed by atoms with E-state index in [-0.39, 0.29) is 11.9 Å². The number of anilines is 1. The number of carbonyl (C=O) groups excluding carboxylic acids is 1. The molecule has 0 saturated carbocycles. The predicted molar refractivity (Wildman–Crippen MR) is 98.5 cm³/mol. The van der Waals surface area contributed by atoms with Gasteiger partial charge in [0.25, 0.3) is 5.91 Å². The molecule has 134 valence electrons. The molecule has 6 nitrogen and oxygen atoms in total. The number of benzene rings is 1. The molecule has 0 aliphatic carbocycles. The quantitative estimate of drug-likeness (QED) is 0.906. The highest BCUT2D eigenvalue weighted by Crippen LogP contribution is 2.18. The highest BCUT2D eigenvalue weighted by atomic mass is 16.1. The van der Waals surface area contributed by atoms with E-state index in [1.165, 1.54) is 24.7 Å². The minimum Gasteiger partial charge on any atom is -0.299 e. The summed E-state index contributed by atoms with van der Waals surface area (Å²) in [5.41, 5.74) is 1.88. The van der Waals surface area contributed by atoms with Gasteiger partial charge in [-0.2, -0.15) is 10.1 Å². The Balaban J connectivity index is 1.61. The molecule has 1 fully saturated rings. The van der Waals surface area contributed by atoms with Gasteiger partial charge in [-0.1, -0.05) is 19.1 Å². The van der Waals surface area contributed by atoms with Crippen molar-refractivity contribution in [1.29, 1.82) is 0 Å². The van der Waals surface area contributed by atoms with Gasteiger partial charge < -0.3 is 0 Å². The summed E-state index contributed by atoms with van der Waals surface area (Å²) in [4.78, 5) is 19.0. The van der Waals surface area contributed by atoms with Crippen LogP contribution in [0.2, 0.25) is 0 Å². The van der Waals surface area contributed by atoms with Crippen molar-refractivity contribution in [3.8, 4) is 0 Å². The van der Waals surface area contributed by atoms with Crippen LogP contribution in [-0.2, 0) is 6.54 Å². The van der Waals surface area contributed by atoms with E-state index >= 15 is 0 Å². The third-order valence-corrected chi connectivity index (χ3v) is 4.65. The molecule has 0 unspecified atom stereocenters. The van der Waals surface area contributed by atoms with Gasteiger partial charge in [0, 0.05) is 18.7 Å². The zero-order valence-electron chi connectivity index (χ0n) is 15.3. The first-order chi connectivity index (χ1) is 12.0. The molecule has 1 saturated heterocycles. The van der Waals surface area contributed by atoms with Gasteiger partial charge in [0.1, 0.15) is 6.33 Å². The number of likely N-dealkylation sites (tertiary alicyclic amines) is 1. The molecule has 2 aromatic rings. The van der Waals surface area contributed by atoms with Crippen molar-refractivity contribution in [2.24, 2.45) is 5.92 Å². The summed E-state index contributed by atoms with van der Waals surface area (Å²) in [6, 6.07) is 8.00. The summed E-state index contributed by atoms with van der Waals surface area (Å²) < 4.78 is 1.70. The van der Waals surface area contributed by atoms with E-state index < -0.39 is 0 Å². The Bertz CT molecular complexity index is 707. The fourth-order valence-corrected chi connectivity index (χ4v) is 3.34. The zero-order chi connectivity index (χ0) is 17.8. The van der Waals surface area contributed by atoms with E-state index in [2.05, 4.69) is 27.2 Å². The molecule has 1 aromatic carbocycles. The van der Waals surface area contributed by atoms with Gasteiger partial charge in [-0.3, -0.25) is 15.0 Å². The highest BCUT2D eigenvalue weighted by Gasteiger charge is 2.17. The summed E-state index contributed by atoms with van der Waals surface area (Å²) in [6.07, 6.45) is 4.06. The van der Waals surface area contributed by atoms with Crippen LogP contribution in [0.4, 0.5) is 5.95 Å². The smallest absolute Gasteiger partial charge is 0.258 e. The Labute approximate surface area is 149 Å². The molecule has 1 N–H and O–H groups in total. The number of hydrogen-bond acceptors (Lipinski definition) is 4. The lowest BCUT2D eigenvalue weighted by Gasteiger charge is -2.30. The molecule has 3 rings (SSSR count). The van der Waals surface area contributed by atoms with Crippen LogP contribution >= 0.6 is 0 Å². The Kier molecular flexibility index (Phi) is 5.48. The molecule has 25 heavy (non-hydrogen) atoms. The van der Waals surface area contributed by atoms with Crippen LogP contribution < -0.4 is 5.32 Å². The highest BCUT2D eigenvalue weighted by molar-refractivity contribution is 6.03. The van der Waals surface area contributed by atoms with Gasteiger partial charge in [-0.05, 0) is 56.8 Å². The second-order valence-electron chi connectivity index (χ2n) is 7.26. The number of aromatic nitrogens is 3. The van der Waals surface area contributed by atoms with Gasteiger partial charge in [-0.25, -0.2) is 4.68 Å². The van der Waals surface area contributed by atoms with Crippen molar-refractivity contribution >= 4 is 11.9 Å². The average molecular weight is 341 g/mol. The summed E-state index contributed by atoms with van der Waals surface area (Å²) in [6.45, 7) is 9.59. The van der Waals surface area contributed by atoms with Gasteiger partial charge >= 0.3 is 0 Å². The maximum atomic E-state index is 12.4. The number of carbonyl (C=O) groups is 1. The molecular formula is C19H27N5O. The fraction of sp³-hybridized carbons (Fsp3) is 0.526. The molecule has 0 radical (unpaired) electrons. The molecule has 0 spiro atoms. The molecule has 2 heterocycles. The SMILES string of the molecule is CC(C)n1ncnc1NC(=O)c1ccc(CN2CCC[C@H](C)C2)cc1. The number of rotatable bonds is 5. The molecule has 1 atom stereocenters. The first kappa shape index (κ1) is 17.6. The Hall–Kier alpha value is -2.21. The Morgan fingerprint density at radius 3 is 2.76 bits per heavy atom. The van der Waals surface area contributed by atoms with E-state index in [1.54, 1.807) is 4.68 Å². The lowest BCUT2D eigenvalue weighted by Crippen LogP contribution is -2.33. The minimum atomic E-state index is -0.159. The molecular weight excluding hydrogens is 314 g/mol. The minimum absolute atomic E-state index is 0.145. The van der Waals surface area contributed by atoms with Crippen LogP contribution in [0.1, 0.15) is 55.6 Å². The molecule has 1 aromatic heterocycles. The molecule has 1 amide bonds. The lowest BCUT2D eigenvalue weighted by molar-refractivity contribution is 0.102. The first-order valence-corrected chi connectivity index (χ1v) is 9.05. The maximum Gasteiger partial charge on any atom is 0.258 e. The largest absolute Gasteiger partial charge is 0.299 e. The van der Waals surface area contributed by atoms with Gasteiger partial charge in [0.15, 0.2) is 0 Å². The van der Waals surface area contributed by atoms with Crippen LogP contribution in [0.5, 0.6) is 0 Å². The fourth-order valence-electron chi connectivity index (χ4n) is 3.34. The van der Waals surface area contributed by atoms with Crippen molar-refractivity contribution in [2.45, 2.75) is 46.2 Å². The van der Waals surface area contributed by atoms with E-state index in [1.807, 2.05) is 38.1 Å². The summed E-state index contributed by atoms with van der Waals surface area (Å²) in [7, 11) is 0. The Morgan fingerprint density at radius 2 is 2.08 bits per heavy atom. The van der Waals surface area contributed by atoms with Crippen LogP contribution in [0.25, 0.3) is 0 Å². The van der Waals surface area contributed by atoms with Crippen molar-refractivity contribution < 1.29 is 4.79 Å². The van der Waals surface area contributed by atoms with E-state index in [0.717, 1.165) is 25.6 Å². The van der Waals surface area contributed by atoms with Crippen LogP contribution in [0, 0.1) is 5.92 Å². The Morgan fingerprint density at radius 1 is 1.32 bits per heavy atom. The zero-order valence-corrected chi connectivity index (χ0v) is 15.3. The number of hydrogen-bond donors (Lipinski definition) is 1. The number of nitrogens with zero attached hydrogens (tertiary/aromatic N) is 4. The lowest BCUT2D eigenvalue weighted by atomic mass is 9.99. The average Bonchev–Trinajstić information content (AvgIpc) is 3.04. The maximum absolute atomic E-state index is 12.4. The van der Waals surface area contributed by atoms with Crippen LogP contribution in [0.15, 0.2) is 30.6 Å². The topological polar surface area (TPSA) is 63.1 Å². The van der Waals surface area contributed by atoms with Crippen molar-refractivity contribution in [3.05, 3.63) is 41.7 Å². The number of nitrogens with one attached hydrogen (secondary N) is 1. The molecule has 6 heteroatoms. The van der Waals surface area contributed by atoms with Crippen molar-refractivity contribution in [3.63, 3.8) is 0 Å². The van der Waals surface area contributed by atoms with Gasteiger partial charge in [0.05, 0.1) is 6.04 Å². The summed E-state index contributed by atoms with van der Waals surface area (Å²) in [5, 5.41) is 6.97. The monoisotopic (exact) mass is 341 g/mol. The molecule has 1 aliphatic heterocycles. The van der Waals surface area contributed by atoms with Gasteiger partial charge in [0.2, 0.25) is 5.95 Å². The summed E-state index contributed by atoms with van der Waals surface area (Å²) >= 11 is 0. The third kappa shape index (κ3) is 4.45. The van der Waals surface area contributed by atoms with Gasteiger partial charge in [-0.15, -0.1) is 0 Å². The number of amides is 1. The van der Waals surface area contributed by atoms with E-state index in [9.17, 15) is 4.79 Å². The van der Waals surface area contributed by atoms with Crippen molar-refractivity contribution in [1.82, 2.24) is 19.7 Å². The number of piperidine rings is 1. The van der Waals surface area contributed by atoms with Crippen molar-refractivity contribution in [2.75, 3.05) is 18.4 Å². The molecule has 1 aliphatic rings. The summed E-state index contributed by atoms with van der Waals surface area (Å²) in [5.74, 6) is 1.09. The first-order valence-electron chi connectivity index (χ1n) is 9.05. The standard InChI is InChI=1S/C19H27N5O/c1-14(2)24-19(20-13-21-24)22-18(25)17-8-6-16(7-9-17)12-23-10-4-5-15(3)11-23/h6-9,13-15H,4-5,10-12H2,1-3H3,(H,20,21,22,25)/t15-/m0/s1. The van der Waals surface area contributed by atoms with Crippen LogP contribution in [-0.4, -0.2) is 38.7 Å². The van der Waals surface area contributed by atoms with Crippen LogP contribution in [0.3, 0.4) is 0 Å². The van der Waals surface area contributed by atoms with E-state index in [4.69, 9.17) is 0 Å². The second kappa shape index (κ2) is 7.78. The third-order valence-electron chi connectivity index (χ3n) is 4.65. The normalized spacial score (nSPS) is 18.5. The predicted octanol–water partition coefficient (Wildman–Crippen LogP) is 3.34. The van der Waals surface area contributed by atoms with E-state index in [0.29, 0.717) is 11.5 Å². The second-order valence-corrected chi connectivity index (χ2v) is 7.26. The molecule has 0 bridgehead atoms.